The number of phenols is 1. The van der Waals surface area contributed by atoms with Crippen molar-refractivity contribution in [1.29, 1.82) is 0 Å². The molecular formula is C22H24N2O6. The number of fused-ring (bicyclic) bond motifs is 3. The van der Waals surface area contributed by atoms with Crippen LogP contribution < -0.4 is 14.8 Å². The number of rotatable bonds is 5. The minimum atomic E-state index is -1.02. The van der Waals surface area contributed by atoms with Crippen LogP contribution in [0, 0.1) is 6.92 Å². The van der Waals surface area contributed by atoms with E-state index < -0.39 is 24.1 Å². The molecule has 0 spiro atoms. The topological polar surface area (TPSA) is 97.3 Å². The third-order valence-electron chi connectivity index (χ3n) is 5.86. The summed E-state index contributed by atoms with van der Waals surface area (Å²) in [5.74, 6) is -0.188. The molecule has 4 rings (SSSR count). The van der Waals surface area contributed by atoms with E-state index in [-0.39, 0.29) is 17.4 Å². The Morgan fingerprint density at radius 1 is 1.10 bits per heavy atom. The number of phenolic OH excluding ortho intramolecular Hbond substituents is 1. The van der Waals surface area contributed by atoms with Gasteiger partial charge in [-0.3, -0.25) is 10.1 Å². The van der Waals surface area contributed by atoms with Gasteiger partial charge in [-0.1, -0.05) is 30.3 Å². The maximum absolute atomic E-state index is 12.9. The van der Waals surface area contributed by atoms with Gasteiger partial charge in [-0.15, -0.1) is 0 Å². The maximum atomic E-state index is 12.9. The Morgan fingerprint density at radius 2 is 1.77 bits per heavy atom. The van der Waals surface area contributed by atoms with Crippen LogP contribution in [0.5, 0.6) is 17.2 Å². The van der Waals surface area contributed by atoms with Crippen molar-refractivity contribution in [1.82, 2.24) is 10.2 Å². The van der Waals surface area contributed by atoms with Crippen molar-refractivity contribution in [2.45, 2.75) is 31.6 Å². The molecule has 158 valence electrons. The molecule has 2 aliphatic heterocycles. The van der Waals surface area contributed by atoms with Gasteiger partial charge in [-0.05, 0) is 12.5 Å². The number of β-lactam (4-membered cyclic amide) rings is 1. The van der Waals surface area contributed by atoms with Crippen LogP contribution in [0.15, 0.2) is 30.3 Å². The van der Waals surface area contributed by atoms with Crippen LogP contribution in [0.1, 0.15) is 34.3 Å². The van der Waals surface area contributed by atoms with Gasteiger partial charge in [-0.25, -0.2) is 4.79 Å². The Kier molecular flexibility index (Phi) is 5.03. The molecule has 2 aromatic rings. The van der Waals surface area contributed by atoms with Gasteiger partial charge in [0.05, 0.1) is 27.4 Å². The minimum absolute atomic E-state index is 0.126. The lowest BCUT2D eigenvalue weighted by atomic mass is 9.77. The van der Waals surface area contributed by atoms with Crippen molar-refractivity contribution >= 4 is 11.9 Å². The molecule has 2 aliphatic rings. The number of nitrogens with zero attached hydrogens (tertiary/aromatic N) is 1. The Labute approximate surface area is 174 Å². The molecule has 0 aliphatic carbocycles. The van der Waals surface area contributed by atoms with Gasteiger partial charge in [-0.2, -0.15) is 0 Å². The van der Waals surface area contributed by atoms with Crippen molar-refractivity contribution in [3.8, 4) is 17.2 Å². The third kappa shape index (κ3) is 2.79. The van der Waals surface area contributed by atoms with Crippen LogP contribution in [-0.2, 0) is 20.9 Å². The maximum Gasteiger partial charge on any atom is 0.327 e. The van der Waals surface area contributed by atoms with Crippen LogP contribution >= 0.6 is 0 Å². The molecule has 1 amide bonds. The summed E-state index contributed by atoms with van der Waals surface area (Å²) >= 11 is 0. The average molecular weight is 412 g/mol. The fraction of sp³-hybridized carbons (Fsp3) is 0.364. The van der Waals surface area contributed by atoms with Gasteiger partial charge in [0, 0.05) is 23.2 Å². The molecule has 0 aromatic heterocycles. The van der Waals surface area contributed by atoms with Crippen LogP contribution in [-0.4, -0.2) is 49.3 Å². The molecule has 3 atom stereocenters. The molecule has 0 radical (unpaired) electrons. The Morgan fingerprint density at radius 3 is 2.37 bits per heavy atom. The second-order valence-corrected chi connectivity index (χ2v) is 7.36. The fourth-order valence-electron chi connectivity index (χ4n) is 4.51. The summed E-state index contributed by atoms with van der Waals surface area (Å²) in [5, 5.41) is 14.0. The molecule has 0 unspecified atom stereocenters. The van der Waals surface area contributed by atoms with E-state index in [9.17, 15) is 14.7 Å². The summed E-state index contributed by atoms with van der Waals surface area (Å²) in [5.41, 5.74) is 2.49. The van der Waals surface area contributed by atoms with Gasteiger partial charge in [0.1, 0.15) is 17.8 Å². The van der Waals surface area contributed by atoms with Gasteiger partial charge in [0.2, 0.25) is 5.91 Å². The van der Waals surface area contributed by atoms with E-state index in [0.29, 0.717) is 29.0 Å². The monoisotopic (exact) mass is 412 g/mol. The van der Waals surface area contributed by atoms with Crippen molar-refractivity contribution in [3.63, 3.8) is 0 Å². The van der Waals surface area contributed by atoms with E-state index in [0.717, 1.165) is 5.56 Å². The molecular weight excluding hydrogens is 388 g/mol. The molecule has 2 aromatic carbocycles. The number of nitrogens with one attached hydrogen (secondary N) is 1. The zero-order chi connectivity index (χ0) is 21.6. The quantitative estimate of drug-likeness (QED) is 0.573. The van der Waals surface area contributed by atoms with Crippen LogP contribution in [0.4, 0.5) is 0 Å². The number of benzene rings is 2. The molecule has 1 saturated heterocycles. The van der Waals surface area contributed by atoms with Gasteiger partial charge in [0.15, 0.2) is 11.5 Å². The first-order chi connectivity index (χ1) is 14.4. The summed E-state index contributed by atoms with van der Waals surface area (Å²) in [6.07, 6.45) is 0. The Balaban J connectivity index is 1.89. The first kappa shape index (κ1) is 20.0. The number of hydrogen-bond donors (Lipinski definition) is 2. The predicted molar refractivity (Wildman–Crippen MR) is 107 cm³/mol. The van der Waals surface area contributed by atoms with Crippen LogP contribution in [0.2, 0.25) is 0 Å². The number of amides is 1. The average Bonchev–Trinajstić information content (AvgIpc) is 2.77. The SMILES string of the molecule is COC(=O)[C@H]1N[C@@H]2C(=O)N(Cc3ccccc3)[C@@H]2c2c(OC)c(C)c(OC)c(O)c21. The van der Waals surface area contributed by atoms with E-state index in [1.807, 2.05) is 30.3 Å². The Bertz CT molecular complexity index is 1010. The lowest BCUT2D eigenvalue weighted by molar-refractivity contribution is -0.157. The summed E-state index contributed by atoms with van der Waals surface area (Å²) in [6.45, 7) is 2.17. The standard InChI is InChI=1S/C22H24N2O6/c1-11-19(28-2)14-13(18(25)20(11)29-3)15(22(27)30-4)23-16-17(14)24(21(16)26)10-12-8-6-5-7-9-12/h5-9,15-17,23,25H,10H2,1-4H3/t15-,16-,17+/m0/s1. The van der Waals surface area contributed by atoms with Crippen LogP contribution in [0.3, 0.4) is 0 Å². The molecule has 2 heterocycles. The van der Waals surface area contributed by atoms with E-state index >= 15 is 0 Å². The van der Waals surface area contributed by atoms with Gasteiger partial charge < -0.3 is 24.2 Å². The summed E-state index contributed by atoms with van der Waals surface area (Å²) in [6, 6.07) is 7.60. The molecule has 0 saturated carbocycles. The Hall–Kier alpha value is -3.26. The first-order valence-electron chi connectivity index (χ1n) is 9.60. The number of methoxy groups -OCH3 is 3. The molecule has 8 nitrogen and oxygen atoms in total. The largest absolute Gasteiger partial charge is 0.504 e. The number of likely N-dealkylation sites (tertiary alicyclic amines) is 1. The number of carbonyl (C=O) groups is 2. The second-order valence-electron chi connectivity index (χ2n) is 7.36. The van der Waals surface area contributed by atoms with Crippen molar-refractivity contribution in [2.24, 2.45) is 0 Å². The molecule has 30 heavy (non-hydrogen) atoms. The summed E-state index contributed by atoms with van der Waals surface area (Å²) in [4.78, 5) is 27.2. The molecule has 8 heteroatoms. The normalized spacial score (nSPS) is 21.9. The second kappa shape index (κ2) is 7.53. The van der Waals surface area contributed by atoms with Gasteiger partial charge >= 0.3 is 5.97 Å². The van der Waals surface area contributed by atoms with Crippen molar-refractivity contribution < 1.29 is 28.9 Å². The zero-order valence-electron chi connectivity index (χ0n) is 17.3. The molecule has 2 N–H and O–H groups in total. The first-order valence-corrected chi connectivity index (χ1v) is 9.60. The number of aromatic hydroxyl groups is 1. The van der Waals surface area contributed by atoms with E-state index in [4.69, 9.17) is 14.2 Å². The van der Waals surface area contributed by atoms with Crippen molar-refractivity contribution in [3.05, 3.63) is 52.6 Å². The highest BCUT2D eigenvalue weighted by Crippen LogP contribution is 2.55. The summed E-state index contributed by atoms with van der Waals surface area (Å²) in [7, 11) is 4.22. The lowest BCUT2D eigenvalue weighted by Gasteiger charge is -2.52. The number of hydrogen-bond acceptors (Lipinski definition) is 7. The molecule has 0 bridgehead atoms. The van der Waals surface area contributed by atoms with Crippen molar-refractivity contribution in [2.75, 3.05) is 21.3 Å². The third-order valence-corrected chi connectivity index (χ3v) is 5.86. The number of esters is 1. The highest BCUT2D eigenvalue weighted by molar-refractivity contribution is 5.94. The number of carbonyl (C=O) groups excluding carboxylic acids is 2. The van der Waals surface area contributed by atoms with Gasteiger partial charge in [0.25, 0.3) is 0 Å². The van der Waals surface area contributed by atoms with E-state index in [2.05, 4.69) is 5.32 Å². The minimum Gasteiger partial charge on any atom is -0.504 e. The lowest BCUT2D eigenvalue weighted by Crippen LogP contribution is -2.67. The predicted octanol–water partition coefficient (Wildman–Crippen LogP) is 1.99. The summed E-state index contributed by atoms with van der Waals surface area (Å²) < 4.78 is 16.0. The fourth-order valence-corrected chi connectivity index (χ4v) is 4.51. The number of ether oxygens (including phenoxy) is 3. The van der Waals surface area contributed by atoms with E-state index in [1.165, 1.54) is 21.3 Å². The van der Waals surface area contributed by atoms with E-state index in [1.54, 1.807) is 11.8 Å². The smallest absolute Gasteiger partial charge is 0.327 e. The van der Waals surface area contributed by atoms with Crippen LogP contribution in [0.25, 0.3) is 0 Å². The molecule has 1 fully saturated rings. The highest BCUT2D eigenvalue weighted by Gasteiger charge is 2.56. The zero-order valence-corrected chi connectivity index (χ0v) is 17.3. The highest BCUT2D eigenvalue weighted by atomic mass is 16.5.